The Kier molecular flexibility index (Phi) is 9.66. The molecule has 2 amide bonds. The molecule has 0 bridgehead atoms. The highest BCUT2D eigenvalue weighted by molar-refractivity contribution is 6.36. The average Bonchev–Trinajstić information content (AvgIpc) is 2.74. The molecule has 5 nitrogen and oxygen atoms in total. The Morgan fingerprint density at radius 2 is 1.77 bits per heavy atom. The number of nitrogens with one attached hydrogen (secondary N) is 1. The maximum Gasteiger partial charge on any atom is 0.261 e. The number of halogens is 2. The molecule has 2 rings (SSSR count). The van der Waals surface area contributed by atoms with E-state index in [9.17, 15) is 9.59 Å². The third-order valence-electron chi connectivity index (χ3n) is 5.02. The summed E-state index contributed by atoms with van der Waals surface area (Å²) in [5, 5.41) is 3.78. The van der Waals surface area contributed by atoms with Crippen LogP contribution in [-0.2, 0) is 16.1 Å². The fraction of sp³-hybridized carbons (Fsp3) is 0.417. The topological polar surface area (TPSA) is 58.6 Å². The summed E-state index contributed by atoms with van der Waals surface area (Å²) in [6.45, 7) is 8.21. The van der Waals surface area contributed by atoms with Crippen LogP contribution in [0, 0.1) is 13.8 Å². The molecule has 0 aliphatic carbocycles. The normalized spacial score (nSPS) is 11.7. The lowest BCUT2D eigenvalue weighted by Gasteiger charge is -2.31. The van der Waals surface area contributed by atoms with Gasteiger partial charge in [0.1, 0.15) is 11.8 Å². The zero-order valence-corrected chi connectivity index (χ0v) is 20.0. The van der Waals surface area contributed by atoms with Crippen molar-refractivity contribution in [1.82, 2.24) is 10.2 Å². The molecule has 7 heteroatoms. The molecule has 2 aromatic rings. The molecule has 2 aromatic carbocycles. The molecule has 1 N–H and O–H groups in total. The van der Waals surface area contributed by atoms with Gasteiger partial charge in [0.15, 0.2) is 6.61 Å². The van der Waals surface area contributed by atoms with Crippen LogP contribution >= 0.6 is 23.2 Å². The van der Waals surface area contributed by atoms with Crippen LogP contribution in [0.3, 0.4) is 0 Å². The lowest BCUT2D eigenvalue weighted by Crippen LogP contribution is -2.50. The molecular formula is C24H30Cl2N2O3. The number of carbonyl (C=O) groups excluding carboxylic acids is 2. The van der Waals surface area contributed by atoms with E-state index < -0.39 is 6.04 Å². The third kappa shape index (κ3) is 6.88. The Bertz CT molecular complexity index is 897. The summed E-state index contributed by atoms with van der Waals surface area (Å²) in [7, 11) is 0. The number of nitrogens with zero attached hydrogens (tertiary/aromatic N) is 1. The van der Waals surface area contributed by atoms with Gasteiger partial charge in [0, 0.05) is 28.7 Å². The van der Waals surface area contributed by atoms with E-state index in [0.717, 1.165) is 17.5 Å². The van der Waals surface area contributed by atoms with Gasteiger partial charge in [-0.3, -0.25) is 9.59 Å². The van der Waals surface area contributed by atoms with Gasteiger partial charge in [-0.2, -0.15) is 0 Å². The number of ether oxygens (including phenoxy) is 1. The molecule has 31 heavy (non-hydrogen) atoms. The Morgan fingerprint density at radius 3 is 2.39 bits per heavy atom. The van der Waals surface area contributed by atoms with E-state index in [1.165, 1.54) is 4.90 Å². The summed E-state index contributed by atoms with van der Waals surface area (Å²) in [6.07, 6.45) is 1.26. The standard InChI is InChI=1S/C24H30Cl2N2O3/c1-5-12-27-24(30)21(6-2)28(14-18-19(25)8-7-9-20(18)26)23(29)15-31-22-13-16(3)10-11-17(22)4/h7-11,13,21H,5-6,12,14-15H2,1-4H3,(H,27,30)/t21-/m1/s1. The molecule has 0 radical (unpaired) electrons. The predicted molar refractivity (Wildman–Crippen MR) is 126 cm³/mol. The molecule has 0 saturated heterocycles. The Balaban J connectivity index is 2.29. The quantitative estimate of drug-likeness (QED) is 0.517. The second-order valence-corrected chi connectivity index (χ2v) is 8.31. The van der Waals surface area contributed by atoms with Gasteiger partial charge in [-0.05, 0) is 56.0 Å². The SMILES string of the molecule is CCCNC(=O)[C@@H](CC)N(Cc1c(Cl)cccc1Cl)C(=O)COc1cc(C)ccc1C. The second-order valence-electron chi connectivity index (χ2n) is 7.49. The lowest BCUT2D eigenvalue weighted by atomic mass is 10.1. The number of amides is 2. The molecule has 0 aliphatic rings. The van der Waals surface area contributed by atoms with Gasteiger partial charge in [-0.25, -0.2) is 0 Å². The van der Waals surface area contributed by atoms with Crippen LogP contribution in [0.2, 0.25) is 10.0 Å². The maximum absolute atomic E-state index is 13.3. The van der Waals surface area contributed by atoms with Crippen molar-refractivity contribution < 1.29 is 14.3 Å². The van der Waals surface area contributed by atoms with Crippen LogP contribution in [0.15, 0.2) is 36.4 Å². The molecule has 0 spiro atoms. The summed E-state index contributed by atoms with van der Waals surface area (Å²) in [5.74, 6) is 0.135. The summed E-state index contributed by atoms with van der Waals surface area (Å²) in [6, 6.07) is 10.4. The van der Waals surface area contributed by atoms with Crippen LogP contribution in [0.1, 0.15) is 43.4 Å². The first-order valence-electron chi connectivity index (χ1n) is 10.5. The molecule has 0 aliphatic heterocycles. The first-order valence-corrected chi connectivity index (χ1v) is 11.2. The first kappa shape index (κ1) is 25.0. The monoisotopic (exact) mass is 464 g/mol. The highest BCUT2D eigenvalue weighted by Gasteiger charge is 2.30. The van der Waals surface area contributed by atoms with Crippen LogP contribution < -0.4 is 10.1 Å². The summed E-state index contributed by atoms with van der Waals surface area (Å²) >= 11 is 12.7. The average molecular weight is 465 g/mol. The van der Waals surface area contributed by atoms with Gasteiger partial charge in [0.05, 0.1) is 0 Å². The van der Waals surface area contributed by atoms with Crippen LogP contribution in [0.5, 0.6) is 5.75 Å². The minimum Gasteiger partial charge on any atom is -0.483 e. The third-order valence-corrected chi connectivity index (χ3v) is 5.73. The number of hydrogen-bond donors (Lipinski definition) is 1. The summed E-state index contributed by atoms with van der Waals surface area (Å²) in [5.41, 5.74) is 2.58. The van der Waals surface area contributed by atoms with Gasteiger partial charge in [0.2, 0.25) is 5.91 Å². The van der Waals surface area contributed by atoms with Crippen molar-refractivity contribution >= 4 is 35.0 Å². The van der Waals surface area contributed by atoms with Crippen molar-refractivity contribution in [2.24, 2.45) is 0 Å². The van der Waals surface area contributed by atoms with Crippen LogP contribution in [-0.4, -0.2) is 35.9 Å². The van der Waals surface area contributed by atoms with Crippen molar-refractivity contribution in [3.63, 3.8) is 0 Å². The minimum atomic E-state index is -0.659. The molecule has 0 fully saturated rings. The Morgan fingerprint density at radius 1 is 1.10 bits per heavy atom. The molecular weight excluding hydrogens is 435 g/mol. The largest absolute Gasteiger partial charge is 0.483 e. The molecule has 0 unspecified atom stereocenters. The molecule has 1 atom stereocenters. The number of aryl methyl sites for hydroxylation is 2. The van der Waals surface area contributed by atoms with E-state index in [2.05, 4.69) is 5.32 Å². The highest BCUT2D eigenvalue weighted by Crippen LogP contribution is 2.27. The van der Waals surface area contributed by atoms with E-state index >= 15 is 0 Å². The predicted octanol–water partition coefficient (Wildman–Crippen LogP) is 5.32. The van der Waals surface area contributed by atoms with Crippen molar-refractivity contribution in [1.29, 1.82) is 0 Å². The van der Waals surface area contributed by atoms with Gasteiger partial charge in [-0.1, -0.05) is 55.2 Å². The molecule has 0 heterocycles. The number of rotatable bonds is 10. The molecule has 168 valence electrons. The van der Waals surface area contributed by atoms with E-state index in [4.69, 9.17) is 27.9 Å². The van der Waals surface area contributed by atoms with Crippen molar-refractivity contribution in [3.8, 4) is 5.75 Å². The van der Waals surface area contributed by atoms with E-state index in [1.54, 1.807) is 18.2 Å². The van der Waals surface area contributed by atoms with E-state index in [-0.39, 0.29) is 25.0 Å². The molecule has 0 aromatic heterocycles. The smallest absolute Gasteiger partial charge is 0.261 e. The maximum atomic E-state index is 13.3. The van der Waals surface area contributed by atoms with Crippen molar-refractivity contribution in [2.45, 2.75) is 53.1 Å². The first-order chi connectivity index (χ1) is 14.8. The van der Waals surface area contributed by atoms with Gasteiger partial charge in [-0.15, -0.1) is 0 Å². The van der Waals surface area contributed by atoms with Gasteiger partial charge in [0.25, 0.3) is 5.91 Å². The fourth-order valence-electron chi connectivity index (χ4n) is 3.22. The zero-order valence-electron chi connectivity index (χ0n) is 18.5. The summed E-state index contributed by atoms with van der Waals surface area (Å²) in [4.78, 5) is 27.6. The van der Waals surface area contributed by atoms with Gasteiger partial charge >= 0.3 is 0 Å². The second kappa shape index (κ2) is 12.0. The Labute approximate surface area is 194 Å². The van der Waals surface area contributed by atoms with Crippen LogP contribution in [0.4, 0.5) is 0 Å². The van der Waals surface area contributed by atoms with E-state index in [1.807, 2.05) is 45.9 Å². The minimum absolute atomic E-state index is 0.117. The lowest BCUT2D eigenvalue weighted by molar-refractivity contribution is -0.143. The number of hydrogen-bond acceptors (Lipinski definition) is 3. The van der Waals surface area contributed by atoms with Crippen molar-refractivity contribution in [3.05, 3.63) is 63.1 Å². The van der Waals surface area contributed by atoms with Crippen LogP contribution in [0.25, 0.3) is 0 Å². The number of carbonyl (C=O) groups is 2. The molecule has 0 saturated carbocycles. The Hall–Kier alpha value is -2.24. The summed E-state index contributed by atoms with van der Waals surface area (Å²) < 4.78 is 5.83. The van der Waals surface area contributed by atoms with E-state index in [0.29, 0.717) is 34.3 Å². The van der Waals surface area contributed by atoms with Crippen molar-refractivity contribution in [2.75, 3.05) is 13.2 Å². The fourth-order valence-corrected chi connectivity index (χ4v) is 3.74. The number of benzene rings is 2. The zero-order chi connectivity index (χ0) is 23.0. The van der Waals surface area contributed by atoms with Gasteiger partial charge < -0.3 is 15.0 Å². The highest BCUT2D eigenvalue weighted by atomic mass is 35.5.